The van der Waals surface area contributed by atoms with E-state index < -0.39 is 16.5 Å². The van der Waals surface area contributed by atoms with Crippen LogP contribution in [0.25, 0.3) is 0 Å². The third kappa shape index (κ3) is 2.14. The molecule has 0 spiro atoms. The Labute approximate surface area is 55.7 Å². The van der Waals surface area contributed by atoms with Crippen LogP contribution in [0, 0.1) is 0 Å². The number of amides is 1. The molecule has 0 aliphatic carbocycles. The minimum absolute atomic E-state index is 0.978. The van der Waals surface area contributed by atoms with Crippen molar-refractivity contribution in [3.63, 3.8) is 0 Å². The molecule has 0 heterocycles. The van der Waals surface area contributed by atoms with Crippen LogP contribution in [-0.4, -0.2) is 16.5 Å². The van der Waals surface area contributed by atoms with Crippen molar-refractivity contribution >= 4 is 34.9 Å². The Morgan fingerprint density at radius 3 is 1.75 bits per heavy atom. The fourth-order valence-electron chi connectivity index (χ4n) is 0.108. The van der Waals surface area contributed by atoms with Gasteiger partial charge in [-0.1, -0.05) is 23.2 Å². The van der Waals surface area contributed by atoms with E-state index in [-0.39, 0.29) is 0 Å². The van der Waals surface area contributed by atoms with Crippen LogP contribution >= 0.6 is 23.2 Å². The summed E-state index contributed by atoms with van der Waals surface area (Å²) in [6.45, 7) is 0. The summed E-state index contributed by atoms with van der Waals surface area (Å²) in [6.07, 6.45) is 0. The van der Waals surface area contributed by atoms with Gasteiger partial charge in [-0.15, -0.1) is 0 Å². The molecule has 0 saturated carbocycles. The van der Waals surface area contributed by atoms with Crippen LogP contribution in [0.5, 0.6) is 0 Å². The van der Waals surface area contributed by atoms with Crippen LogP contribution in [0.15, 0.2) is 0 Å². The summed E-state index contributed by atoms with van der Waals surface area (Å²) in [5.74, 6) is -2.09. The van der Waals surface area contributed by atoms with E-state index >= 15 is 0 Å². The molecule has 0 radical (unpaired) electrons. The molecule has 2 N–H and O–H groups in total. The van der Waals surface area contributed by atoms with Crippen LogP contribution in [-0.2, 0) is 9.59 Å². The Bertz CT molecular complexity index is 122. The Morgan fingerprint density at radius 1 is 1.38 bits per heavy atom. The van der Waals surface area contributed by atoms with Gasteiger partial charge in [0.25, 0.3) is 11.7 Å². The first-order valence-electron chi connectivity index (χ1n) is 1.67. The van der Waals surface area contributed by atoms with Crippen molar-refractivity contribution in [1.29, 1.82) is 0 Å². The van der Waals surface area contributed by atoms with Gasteiger partial charge in [-0.25, -0.2) is 0 Å². The maximum Gasteiger partial charge on any atom is 0.287 e. The largest absolute Gasteiger partial charge is 0.363 e. The molecule has 0 aliphatic heterocycles. The maximum absolute atomic E-state index is 10.1. The quantitative estimate of drug-likeness (QED) is 0.446. The number of carbonyl (C=O) groups is 2. The van der Waals surface area contributed by atoms with Crippen LogP contribution in [0.3, 0.4) is 0 Å². The van der Waals surface area contributed by atoms with Crippen molar-refractivity contribution < 1.29 is 9.59 Å². The highest BCUT2D eigenvalue weighted by Crippen LogP contribution is 2.00. The van der Waals surface area contributed by atoms with Crippen LogP contribution < -0.4 is 5.73 Å². The summed E-state index contributed by atoms with van der Waals surface area (Å²) >= 11 is 9.88. The smallest absolute Gasteiger partial charge is 0.287 e. The molecule has 0 fully saturated rings. The molecule has 5 heteroatoms. The van der Waals surface area contributed by atoms with Crippen molar-refractivity contribution in [3.8, 4) is 0 Å². The Hall–Kier alpha value is -0.280. The number of Topliss-reactive ketones (excluding diaryl/α,β-unsaturated/α-hetero) is 1. The molecule has 0 saturated heterocycles. The molecule has 0 unspecified atom stereocenters. The van der Waals surface area contributed by atoms with Crippen molar-refractivity contribution in [3.05, 3.63) is 0 Å². The van der Waals surface area contributed by atoms with E-state index in [1.807, 2.05) is 0 Å². The maximum atomic E-state index is 10.1. The second kappa shape index (κ2) is 2.89. The van der Waals surface area contributed by atoms with Gasteiger partial charge in [0.2, 0.25) is 0 Å². The molecular formula is C3H3Cl2NO2. The number of carbonyl (C=O) groups excluding carboxylic acids is 2. The molecule has 0 aliphatic rings. The Morgan fingerprint density at radius 2 is 1.75 bits per heavy atom. The first-order chi connectivity index (χ1) is 3.55. The van der Waals surface area contributed by atoms with E-state index in [4.69, 9.17) is 23.2 Å². The van der Waals surface area contributed by atoms with Crippen molar-refractivity contribution in [1.82, 2.24) is 0 Å². The summed E-state index contributed by atoms with van der Waals surface area (Å²) in [5, 5.41) is 0. The number of hydrogen-bond acceptors (Lipinski definition) is 2. The normalized spacial score (nSPS) is 9.38. The van der Waals surface area contributed by atoms with Gasteiger partial charge in [-0.05, 0) is 0 Å². The van der Waals surface area contributed by atoms with Gasteiger partial charge in [0.05, 0.1) is 0 Å². The Kier molecular flexibility index (Phi) is 2.79. The minimum Gasteiger partial charge on any atom is -0.363 e. The van der Waals surface area contributed by atoms with Crippen LogP contribution in [0.2, 0.25) is 0 Å². The number of alkyl halides is 2. The third-order valence-electron chi connectivity index (χ3n) is 0.441. The fourth-order valence-corrected chi connectivity index (χ4v) is 0.323. The van der Waals surface area contributed by atoms with Gasteiger partial charge in [0.1, 0.15) is 0 Å². The zero-order chi connectivity index (χ0) is 6.73. The first-order valence-corrected chi connectivity index (χ1v) is 2.54. The molecular weight excluding hydrogens is 153 g/mol. The number of hydrogen-bond donors (Lipinski definition) is 1. The number of halogens is 2. The van der Waals surface area contributed by atoms with Crippen molar-refractivity contribution in [2.24, 2.45) is 5.73 Å². The van der Waals surface area contributed by atoms with Gasteiger partial charge in [-0.3, -0.25) is 9.59 Å². The predicted molar refractivity (Wildman–Crippen MR) is 29.7 cm³/mol. The summed E-state index contributed by atoms with van der Waals surface area (Å²) in [7, 11) is 0. The highest BCUT2D eigenvalue weighted by Gasteiger charge is 2.16. The molecule has 0 atom stereocenters. The van der Waals surface area contributed by atoms with E-state index in [9.17, 15) is 9.59 Å². The highest BCUT2D eigenvalue weighted by molar-refractivity contribution is 6.62. The standard InChI is InChI=1S/C3H3Cl2NO2/c4-2(5)1(7)3(6)8/h2H,(H2,6,8). The summed E-state index contributed by atoms with van der Waals surface area (Å²) < 4.78 is 0. The number of ketones is 1. The molecule has 1 amide bonds. The average Bonchev–Trinajstić information content (AvgIpc) is 1.64. The molecule has 0 rings (SSSR count). The second-order valence-corrected chi connectivity index (χ2v) is 2.13. The predicted octanol–water partition coefficient (Wildman–Crippen LogP) is -0.156. The monoisotopic (exact) mass is 155 g/mol. The van der Waals surface area contributed by atoms with Gasteiger partial charge in [0, 0.05) is 0 Å². The van der Waals surface area contributed by atoms with Crippen molar-refractivity contribution in [2.75, 3.05) is 0 Å². The lowest BCUT2D eigenvalue weighted by Crippen LogP contribution is -2.27. The Balaban J connectivity index is 3.84. The summed E-state index contributed by atoms with van der Waals surface area (Å²) in [4.78, 5) is 18.6. The zero-order valence-corrected chi connectivity index (χ0v) is 5.24. The number of rotatable bonds is 2. The first kappa shape index (κ1) is 7.72. The van der Waals surface area contributed by atoms with Crippen LogP contribution in [0.1, 0.15) is 0 Å². The van der Waals surface area contributed by atoms with Gasteiger partial charge in [0.15, 0.2) is 4.84 Å². The molecule has 0 aromatic heterocycles. The van der Waals surface area contributed by atoms with E-state index in [2.05, 4.69) is 5.73 Å². The number of nitrogens with two attached hydrogens (primary N) is 1. The highest BCUT2D eigenvalue weighted by atomic mass is 35.5. The third-order valence-corrected chi connectivity index (χ3v) is 0.837. The second-order valence-electron chi connectivity index (χ2n) is 1.03. The van der Waals surface area contributed by atoms with Gasteiger partial charge < -0.3 is 5.73 Å². The van der Waals surface area contributed by atoms with Crippen LogP contribution in [0.4, 0.5) is 0 Å². The number of primary amides is 1. The summed E-state index contributed by atoms with van der Waals surface area (Å²) in [6, 6.07) is 0. The summed E-state index contributed by atoms with van der Waals surface area (Å²) in [5.41, 5.74) is 4.48. The zero-order valence-electron chi connectivity index (χ0n) is 3.73. The lowest BCUT2D eigenvalue weighted by molar-refractivity contribution is -0.134. The molecule has 0 aromatic rings. The van der Waals surface area contributed by atoms with Gasteiger partial charge in [-0.2, -0.15) is 0 Å². The van der Waals surface area contributed by atoms with Gasteiger partial charge >= 0.3 is 0 Å². The van der Waals surface area contributed by atoms with E-state index in [1.54, 1.807) is 0 Å². The molecule has 0 bridgehead atoms. The molecule has 46 valence electrons. The lowest BCUT2D eigenvalue weighted by Gasteiger charge is -1.90. The van der Waals surface area contributed by atoms with Crippen molar-refractivity contribution in [2.45, 2.75) is 4.84 Å². The van der Waals surface area contributed by atoms with E-state index in [0.717, 1.165) is 0 Å². The fraction of sp³-hybridized carbons (Fsp3) is 0.333. The van der Waals surface area contributed by atoms with E-state index in [1.165, 1.54) is 0 Å². The lowest BCUT2D eigenvalue weighted by atomic mass is 10.4. The average molecular weight is 156 g/mol. The SMILES string of the molecule is NC(=O)C(=O)C(Cl)Cl. The van der Waals surface area contributed by atoms with E-state index in [0.29, 0.717) is 0 Å². The molecule has 0 aromatic carbocycles. The topological polar surface area (TPSA) is 60.2 Å². The molecule has 3 nitrogen and oxygen atoms in total. The molecule has 8 heavy (non-hydrogen) atoms. The minimum atomic E-state index is -1.33.